The summed E-state index contributed by atoms with van der Waals surface area (Å²) in [5.41, 5.74) is 1.60. The average Bonchev–Trinajstić information content (AvgIpc) is 2.61. The van der Waals surface area contributed by atoms with Gasteiger partial charge < -0.3 is 10.6 Å². The molecule has 1 aliphatic rings. The molecule has 1 fully saturated rings. The van der Waals surface area contributed by atoms with Gasteiger partial charge in [-0.1, -0.05) is 12.1 Å². The van der Waals surface area contributed by atoms with E-state index in [1.165, 1.54) is 0 Å². The summed E-state index contributed by atoms with van der Waals surface area (Å²) < 4.78 is 24.9. The molecule has 0 aliphatic carbocycles. The molecule has 1 saturated heterocycles. The standard InChI is InChI=1S/C18H25F2N5/c1-2-22-18(23-12-15-5-3-4-14(10-15)11-21)24-16-6-8-25(9-7-16)13-17(19)20/h3-5,10,16-17H,2,6-9,12-13H2,1H3,(H2,22,23,24). The number of nitrogens with one attached hydrogen (secondary N) is 2. The predicted octanol–water partition coefficient (Wildman–Crippen LogP) is 2.34. The molecule has 0 bridgehead atoms. The number of aliphatic imine (C=N–C) groups is 1. The molecule has 0 radical (unpaired) electrons. The summed E-state index contributed by atoms with van der Waals surface area (Å²) in [5.74, 6) is 0.720. The zero-order chi connectivity index (χ0) is 18.1. The third kappa shape index (κ3) is 6.67. The summed E-state index contributed by atoms with van der Waals surface area (Å²) in [7, 11) is 0. The molecule has 136 valence electrons. The van der Waals surface area contributed by atoms with Crippen molar-refractivity contribution in [2.75, 3.05) is 26.2 Å². The van der Waals surface area contributed by atoms with Gasteiger partial charge in [0.2, 0.25) is 0 Å². The largest absolute Gasteiger partial charge is 0.357 e. The maximum Gasteiger partial charge on any atom is 0.251 e. The number of hydrogen-bond acceptors (Lipinski definition) is 3. The van der Waals surface area contributed by atoms with Crippen LogP contribution in [-0.2, 0) is 6.54 Å². The first-order chi connectivity index (χ1) is 12.1. The molecule has 0 spiro atoms. The molecular formula is C18H25F2N5. The van der Waals surface area contributed by atoms with Crippen molar-refractivity contribution >= 4 is 5.96 Å². The Kier molecular flexibility index (Phi) is 7.61. The van der Waals surface area contributed by atoms with Crippen LogP contribution in [0.15, 0.2) is 29.3 Å². The van der Waals surface area contributed by atoms with E-state index in [0.29, 0.717) is 25.2 Å². The minimum absolute atomic E-state index is 0.143. The number of halogens is 2. The van der Waals surface area contributed by atoms with Gasteiger partial charge in [-0.2, -0.15) is 5.26 Å². The van der Waals surface area contributed by atoms with Crippen molar-refractivity contribution in [2.45, 2.75) is 38.8 Å². The van der Waals surface area contributed by atoms with Crippen molar-refractivity contribution in [1.29, 1.82) is 5.26 Å². The number of nitrogens with zero attached hydrogens (tertiary/aromatic N) is 3. The Morgan fingerprint density at radius 3 is 2.80 bits per heavy atom. The molecule has 7 heteroatoms. The molecule has 0 saturated carbocycles. The van der Waals surface area contributed by atoms with E-state index in [1.807, 2.05) is 25.1 Å². The molecule has 0 aromatic heterocycles. The highest BCUT2D eigenvalue weighted by atomic mass is 19.3. The number of hydrogen-bond donors (Lipinski definition) is 2. The fraction of sp³-hybridized carbons (Fsp3) is 0.556. The van der Waals surface area contributed by atoms with Crippen molar-refractivity contribution in [3.63, 3.8) is 0 Å². The molecule has 1 aromatic rings. The van der Waals surface area contributed by atoms with Gasteiger partial charge in [0.25, 0.3) is 6.43 Å². The van der Waals surface area contributed by atoms with Gasteiger partial charge in [0.1, 0.15) is 0 Å². The van der Waals surface area contributed by atoms with Crippen LogP contribution in [-0.4, -0.2) is 49.5 Å². The average molecular weight is 349 g/mol. The van der Waals surface area contributed by atoms with Crippen molar-refractivity contribution in [2.24, 2.45) is 4.99 Å². The van der Waals surface area contributed by atoms with Crippen LogP contribution >= 0.6 is 0 Å². The van der Waals surface area contributed by atoms with Gasteiger partial charge in [-0.15, -0.1) is 0 Å². The fourth-order valence-electron chi connectivity index (χ4n) is 2.88. The number of rotatable bonds is 6. The molecule has 2 N–H and O–H groups in total. The first-order valence-corrected chi connectivity index (χ1v) is 8.65. The SMILES string of the molecule is CCNC(=NCc1cccc(C#N)c1)NC1CCN(CC(F)F)CC1. The van der Waals surface area contributed by atoms with Crippen molar-refractivity contribution in [3.8, 4) is 6.07 Å². The lowest BCUT2D eigenvalue weighted by atomic mass is 10.1. The van der Waals surface area contributed by atoms with Gasteiger partial charge in [-0.05, 0) is 37.5 Å². The lowest BCUT2D eigenvalue weighted by Crippen LogP contribution is -2.49. The van der Waals surface area contributed by atoms with E-state index in [1.54, 1.807) is 11.0 Å². The Morgan fingerprint density at radius 2 is 2.16 bits per heavy atom. The summed E-state index contributed by atoms with van der Waals surface area (Å²) in [5, 5.41) is 15.6. The summed E-state index contributed by atoms with van der Waals surface area (Å²) in [6, 6.07) is 9.75. The van der Waals surface area contributed by atoms with E-state index in [0.717, 1.165) is 30.9 Å². The molecule has 0 amide bonds. The number of likely N-dealkylation sites (tertiary alicyclic amines) is 1. The van der Waals surface area contributed by atoms with Gasteiger partial charge >= 0.3 is 0 Å². The molecule has 25 heavy (non-hydrogen) atoms. The van der Waals surface area contributed by atoms with E-state index in [2.05, 4.69) is 21.7 Å². The molecule has 5 nitrogen and oxygen atoms in total. The third-order valence-electron chi connectivity index (χ3n) is 4.14. The smallest absolute Gasteiger partial charge is 0.251 e. The third-order valence-corrected chi connectivity index (χ3v) is 4.14. The molecule has 2 rings (SSSR count). The number of benzene rings is 1. The number of piperidine rings is 1. The van der Waals surface area contributed by atoms with Gasteiger partial charge in [0, 0.05) is 25.7 Å². The molecule has 0 atom stereocenters. The van der Waals surface area contributed by atoms with Gasteiger partial charge in [0.15, 0.2) is 5.96 Å². The van der Waals surface area contributed by atoms with Gasteiger partial charge in [-0.25, -0.2) is 13.8 Å². The van der Waals surface area contributed by atoms with Gasteiger partial charge in [-0.3, -0.25) is 4.90 Å². The topological polar surface area (TPSA) is 63.5 Å². The Hall–Kier alpha value is -2.20. The van der Waals surface area contributed by atoms with E-state index >= 15 is 0 Å². The molecule has 1 aromatic carbocycles. The zero-order valence-electron chi connectivity index (χ0n) is 14.5. The maximum absolute atomic E-state index is 12.4. The molecule has 1 aliphatic heterocycles. The first-order valence-electron chi connectivity index (χ1n) is 8.65. The van der Waals surface area contributed by atoms with Crippen LogP contribution in [0.25, 0.3) is 0 Å². The normalized spacial score (nSPS) is 16.7. The van der Waals surface area contributed by atoms with Gasteiger partial charge in [0.05, 0.1) is 24.7 Å². The Balaban J connectivity index is 1.89. The van der Waals surface area contributed by atoms with Crippen LogP contribution in [0.4, 0.5) is 8.78 Å². The van der Waals surface area contributed by atoms with Crippen LogP contribution in [0.3, 0.4) is 0 Å². The van der Waals surface area contributed by atoms with Crippen molar-refractivity contribution in [1.82, 2.24) is 15.5 Å². The Labute approximate surface area is 147 Å². The Bertz CT molecular complexity index is 604. The van der Waals surface area contributed by atoms with Crippen molar-refractivity contribution < 1.29 is 8.78 Å². The van der Waals surface area contributed by atoms with E-state index in [9.17, 15) is 8.78 Å². The van der Waals surface area contributed by atoms with Crippen LogP contribution in [0.2, 0.25) is 0 Å². The summed E-state index contributed by atoms with van der Waals surface area (Å²) >= 11 is 0. The van der Waals surface area contributed by atoms with Crippen LogP contribution < -0.4 is 10.6 Å². The lowest BCUT2D eigenvalue weighted by Gasteiger charge is -2.32. The molecular weight excluding hydrogens is 324 g/mol. The van der Waals surface area contributed by atoms with E-state index in [-0.39, 0.29) is 12.6 Å². The monoisotopic (exact) mass is 349 g/mol. The second-order valence-corrected chi connectivity index (χ2v) is 6.12. The van der Waals surface area contributed by atoms with Crippen LogP contribution in [0.1, 0.15) is 30.9 Å². The zero-order valence-corrected chi connectivity index (χ0v) is 14.5. The minimum atomic E-state index is -2.27. The van der Waals surface area contributed by atoms with Crippen LogP contribution in [0.5, 0.6) is 0 Å². The summed E-state index contributed by atoms with van der Waals surface area (Å²) in [6.45, 7) is 4.43. The maximum atomic E-state index is 12.4. The predicted molar refractivity (Wildman–Crippen MR) is 94.6 cm³/mol. The second-order valence-electron chi connectivity index (χ2n) is 6.12. The minimum Gasteiger partial charge on any atom is -0.357 e. The van der Waals surface area contributed by atoms with Crippen molar-refractivity contribution in [3.05, 3.63) is 35.4 Å². The highest BCUT2D eigenvalue weighted by molar-refractivity contribution is 5.80. The fourth-order valence-corrected chi connectivity index (χ4v) is 2.88. The summed E-state index contributed by atoms with van der Waals surface area (Å²) in [4.78, 5) is 6.38. The first kappa shape index (κ1) is 19.1. The summed E-state index contributed by atoms with van der Waals surface area (Å²) in [6.07, 6.45) is -0.630. The molecule has 1 heterocycles. The lowest BCUT2D eigenvalue weighted by molar-refractivity contribution is 0.0744. The van der Waals surface area contributed by atoms with E-state index in [4.69, 9.17) is 5.26 Å². The molecule has 0 unspecified atom stereocenters. The number of nitriles is 1. The second kappa shape index (κ2) is 9.94. The number of guanidine groups is 1. The number of alkyl halides is 2. The van der Waals surface area contributed by atoms with E-state index < -0.39 is 6.43 Å². The Morgan fingerprint density at radius 1 is 1.40 bits per heavy atom. The van der Waals surface area contributed by atoms with Crippen LogP contribution in [0, 0.1) is 11.3 Å². The highest BCUT2D eigenvalue weighted by Crippen LogP contribution is 2.12. The quantitative estimate of drug-likeness (QED) is 0.611. The highest BCUT2D eigenvalue weighted by Gasteiger charge is 2.21.